The molecule has 2 aromatic rings. The maximum absolute atomic E-state index is 13.7. The molecule has 0 bridgehead atoms. The second-order valence-electron chi connectivity index (χ2n) is 5.00. The smallest absolute Gasteiger partial charge is 0.228 e. The molecule has 1 aliphatic rings. The normalized spacial score (nSPS) is 14.5. The number of carbonyl (C=O) groups excluding carboxylic acids is 1. The molecule has 0 fully saturated rings. The Balaban J connectivity index is 2.01. The quantitative estimate of drug-likeness (QED) is 0.910. The lowest BCUT2D eigenvalue weighted by Gasteiger charge is -2.17. The summed E-state index contributed by atoms with van der Waals surface area (Å²) in [6.07, 6.45) is 0.190. The lowest BCUT2D eigenvalue weighted by Crippen LogP contribution is -2.15. The van der Waals surface area contributed by atoms with Crippen LogP contribution in [0.15, 0.2) is 36.4 Å². The summed E-state index contributed by atoms with van der Waals surface area (Å²) in [5.74, 6) is 0.201. The van der Waals surface area contributed by atoms with Crippen molar-refractivity contribution in [3.05, 3.63) is 58.9 Å². The Bertz CT molecular complexity index is 698. The number of anilines is 1. The first-order valence-electron chi connectivity index (χ1n) is 6.60. The Morgan fingerprint density at radius 2 is 2.00 bits per heavy atom. The number of nitrogens with two attached hydrogens (primary N) is 1. The predicted octanol–water partition coefficient (Wildman–Crippen LogP) is 2.38. The van der Waals surface area contributed by atoms with E-state index >= 15 is 0 Å². The Labute approximate surface area is 121 Å². The van der Waals surface area contributed by atoms with Gasteiger partial charge in [0.2, 0.25) is 5.91 Å². The van der Waals surface area contributed by atoms with E-state index in [-0.39, 0.29) is 18.1 Å². The largest absolute Gasteiger partial charge is 0.497 e. The van der Waals surface area contributed by atoms with Crippen LogP contribution >= 0.6 is 0 Å². The molecule has 5 heteroatoms. The van der Waals surface area contributed by atoms with E-state index in [9.17, 15) is 9.18 Å². The van der Waals surface area contributed by atoms with E-state index in [0.29, 0.717) is 16.8 Å². The lowest BCUT2D eigenvalue weighted by molar-refractivity contribution is -0.115. The minimum atomic E-state index is -0.515. The van der Waals surface area contributed by atoms with Gasteiger partial charge in [0.1, 0.15) is 11.6 Å². The van der Waals surface area contributed by atoms with E-state index in [2.05, 4.69) is 5.32 Å². The minimum Gasteiger partial charge on any atom is -0.497 e. The van der Waals surface area contributed by atoms with Crippen molar-refractivity contribution in [3.8, 4) is 5.75 Å². The lowest BCUT2D eigenvalue weighted by atomic mass is 9.96. The van der Waals surface area contributed by atoms with Gasteiger partial charge >= 0.3 is 0 Å². The molecule has 2 aromatic carbocycles. The maximum atomic E-state index is 13.7. The number of halogens is 1. The summed E-state index contributed by atoms with van der Waals surface area (Å²) in [7, 11) is 1.59. The van der Waals surface area contributed by atoms with Crippen LogP contribution in [0.25, 0.3) is 0 Å². The first-order valence-corrected chi connectivity index (χ1v) is 6.60. The molecule has 1 aliphatic heterocycles. The average molecular weight is 286 g/mol. The van der Waals surface area contributed by atoms with Gasteiger partial charge in [0.15, 0.2) is 0 Å². The first kappa shape index (κ1) is 13.6. The number of fused-ring (bicyclic) bond motifs is 1. The molecule has 3 N–H and O–H groups in total. The van der Waals surface area contributed by atoms with Crippen molar-refractivity contribution in [3.63, 3.8) is 0 Å². The molecule has 0 radical (unpaired) electrons. The third-order valence-corrected chi connectivity index (χ3v) is 3.64. The van der Waals surface area contributed by atoms with Crippen molar-refractivity contribution in [1.82, 2.24) is 0 Å². The molecule has 0 saturated carbocycles. The van der Waals surface area contributed by atoms with Gasteiger partial charge in [-0.05, 0) is 35.4 Å². The van der Waals surface area contributed by atoms with Crippen molar-refractivity contribution in [1.29, 1.82) is 0 Å². The van der Waals surface area contributed by atoms with Crippen LogP contribution in [0, 0.1) is 5.82 Å². The maximum Gasteiger partial charge on any atom is 0.228 e. The average Bonchev–Trinajstić information content (AvgIpc) is 2.85. The zero-order chi connectivity index (χ0) is 15.0. The summed E-state index contributed by atoms with van der Waals surface area (Å²) in [4.78, 5) is 11.5. The molecule has 108 valence electrons. The highest BCUT2D eigenvalue weighted by Gasteiger charge is 2.25. The van der Waals surface area contributed by atoms with Gasteiger partial charge in [-0.1, -0.05) is 12.1 Å². The molecule has 0 saturated heterocycles. The third kappa shape index (κ3) is 2.48. The van der Waals surface area contributed by atoms with Crippen LogP contribution in [0.5, 0.6) is 5.75 Å². The van der Waals surface area contributed by atoms with Crippen molar-refractivity contribution in [2.75, 3.05) is 12.4 Å². The SMILES string of the molecule is COc1ccc(C(N)c2cc(F)cc3c2NC(=O)C3)cc1. The highest BCUT2D eigenvalue weighted by Crippen LogP contribution is 2.34. The summed E-state index contributed by atoms with van der Waals surface area (Å²) in [5.41, 5.74) is 8.93. The molecule has 3 rings (SSSR count). The fraction of sp³-hybridized carbons (Fsp3) is 0.188. The number of carbonyl (C=O) groups is 1. The number of benzene rings is 2. The van der Waals surface area contributed by atoms with Gasteiger partial charge in [-0.25, -0.2) is 4.39 Å². The van der Waals surface area contributed by atoms with E-state index in [1.54, 1.807) is 19.2 Å². The molecule has 21 heavy (non-hydrogen) atoms. The van der Waals surface area contributed by atoms with Gasteiger partial charge in [0.05, 0.1) is 19.6 Å². The fourth-order valence-corrected chi connectivity index (χ4v) is 2.57. The van der Waals surface area contributed by atoms with E-state index in [0.717, 1.165) is 11.3 Å². The van der Waals surface area contributed by atoms with Crippen LogP contribution in [-0.4, -0.2) is 13.0 Å². The number of amides is 1. The van der Waals surface area contributed by atoms with Gasteiger partial charge in [-0.15, -0.1) is 0 Å². The number of methoxy groups -OCH3 is 1. The van der Waals surface area contributed by atoms with Crippen LogP contribution in [0.4, 0.5) is 10.1 Å². The molecule has 0 spiro atoms. The van der Waals surface area contributed by atoms with Gasteiger partial charge < -0.3 is 15.8 Å². The molecule has 1 unspecified atom stereocenters. The number of rotatable bonds is 3. The van der Waals surface area contributed by atoms with Crippen LogP contribution in [-0.2, 0) is 11.2 Å². The van der Waals surface area contributed by atoms with Gasteiger partial charge in [0.25, 0.3) is 0 Å². The molecular weight excluding hydrogens is 271 g/mol. The van der Waals surface area contributed by atoms with E-state index in [1.807, 2.05) is 12.1 Å². The molecule has 0 aliphatic carbocycles. The number of nitrogens with one attached hydrogen (secondary N) is 1. The van der Waals surface area contributed by atoms with E-state index < -0.39 is 6.04 Å². The molecule has 1 atom stereocenters. The molecule has 1 heterocycles. The number of ether oxygens (including phenoxy) is 1. The zero-order valence-corrected chi connectivity index (χ0v) is 11.5. The highest BCUT2D eigenvalue weighted by molar-refractivity contribution is 6.00. The molecular formula is C16H15FN2O2. The van der Waals surface area contributed by atoms with Gasteiger partial charge in [0, 0.05) is 11.3 Å². The Morgan fingerprint density at radius 3 is 2.67 bits per heavy atom. The Morgan fingerprint density at radius 1 is 1.29 bits per heavy atom. The van der Waals surface area contributed by atoms with Crippen molar-refractivity contribution in [2.24, 2.45) is 5.73 Å². The highest BCUT2D eigenvalue weighted by atomic mass is 19.1. The molecule has 4 nitrogen and oxygen atoms in total. The number of hydrogen-bond acceptors (Lipinski definition) is 3. The Kier molecular flexibility index (Phi) is 3.35. The second-order valence-corrected chi connectivity index (χ2v) is 5.00. The van der Waals surface area contributed by atoms with Crippen LogP contribution in [0.3, 0.4) is 0 Å². The summed E-state index contributed by atoms with van der Waals surface area (Å²) in [6, 6.07) is 9.49. The van der Waals surface area contributed by atoms with Gasteiger partial charge in [-0.3, -0.25) is 4.79 Å². The Hall–Kier alpha value is -2.40. The standard InChI is InChI=1S/C16H15FN2O2/c1-21-12-4-2-9(3-5-12)15(18)13-8-11(17)6-10-7-14(20)19-16(10)13/h2-6,8,15H,7,18H2,1H3,(H,19,20). The van der Waals surface area contributed by atoms with E-state index in [4.69, 9.17) is 10.5 Å². The third-order valence-electron chi connectivity index (χ3n) is 3.64. The van der Waals surface area contributed by atoms with Gasteiger partial charge in [-0.2, -0.15) is 0 Å². The van der Waals surface area contributed by atoms with Crippen molar-refractivity contribution >= 4 is 11.6 Å². The van der Waals surface area contributed by atoms with Crippen LogP contribution in [0.1, 0.15) is 22.7 Å². The summed E-state index contributed by atoms with van der Waals surface area (Å²) < 4.78 is 18.8. The molecule has 1 amide bonds. The summed E-state index contributed by atoms with van der Waals surface area (Å²) >= 11 is 0. The fourth-order valence-electron chi connectivity index (χ4n) is 2.57. The second kappa shape index (κ2) is 5.18. The van der Waals surface area contributed by atoms with Crippen LogP contribution < -0.4 is 15.8 Å². The van der Waals surface area contributed by atoms with Crippen LogP contribution in [0.2, 0.25) is 0 Å². The predicted molar refractivity (Wildman–Crippen MR) is 77.8 cm³/mol. The molecule has 0 aromatic heterocycles. The zero-order valence-electron chi connectivity index (χ0n) is 11.5. The minimum absolute atomic E-state index is 0.140. The first-order chi connectivity index (χ1) is 10.1. The summed E-state index contributed by atoms with van der Waals surface area (Å²) in [6.45, 7) is 0. The summed E-state index contributed by atoms with van der Waals surface area (Å²) in [5, 5.41) is 2.76. The van der Waals surface area contributed by atoms with Crippen molar-refractivity contribution < 1.29 is 13.9 Å². The van der Waals surface area contributed by atoms with E-state index in [1.165, 1.54) is 12.1 Å². The number of hydrogen-bond donors (Lipinski definition) is 2. The monoisotopic (exact) mass is 286 g/mol. The topological polar surface area (TPSA) is 64.3 Å². The van der Waals surface area contributed by atoms with Crippen molar-refractivity contribution in [2.45, 2.75) is 12.5 Å².